The molecule has 1 saturated heterocycles. The molecule has 0 unspecified atom stereocenters. The lowest BCUT2D eigenvalue weighted by Crippen LogP contribution is -2.40. The van der Waals surface area contributed by atoms with E-state index < -0.39 is 23.2 Å². The monoisotopic (exact) mass is 518 g/mol. The minimum Gasteiger partial charge on any atom is -0.376 e. The molecular weight excluding hydrogens is 492 g/mol. The van der Waals surface area contributed by atoms with Gasteiger partial charge in [-0.15, -0.1) is 10.2 Å². The Morgan fingerprint density at radius 3 is 2.65 bits per heavy atom. The van der Waals surface area contributed by atoms with Crippen LogP contribution in [-0.4, -0.2) is 54.4 Å². The number of morpholine rings is 1. The smallest absolute Gasteiger partial charge is 0.376 e. The van der Waals surface area contributed by atoms with Crippen LogP contribution in [0, 0.1) is 5.82 Å². The van der Waals surface area contributed by atoms with E-state index in [0.717, 1.165) is 27.3 Å². The van der Waals surface area contributed by atoms with Crippen molar-refractivity contribution in [2.24, 2.45) is 7.05 Å². The molecule has 0 aliphatic carbocycles. The van der Waals surface area contributed by atoms with Gasteiger partial charge in [0.25, 0.3) is 0 Å². The molecule has 37 heavy (non-hydrogen) atoms. The van der Waals surface area contributed by atoms with Crippen molar-refractivity contribution >= 4 is 5.52 Å². The van der Waals surface area contributed by atoms with Crippen LogP contribution in [0.15, 0.2) is 47.8 Å². The van der Waals surface area contributed by atoms with Crippen molar-refractivity contribution in [1.29, 1.82) is 0 Å². The van der Waals surface area contributed by atoms with Crippen LogP contribution < -0.4 is 5.69 Å². The fourth-order valence-corrected chi connectivity index (χ4v) is 4.85. The lowest BCUT2D eigenvalue weighted by Gasteiger charge is -2.31. The maximum absolute atomic E-state index is 14.7. The summed E-state index contributed by atoms with van der Waals surface area (Å²) in [6.07, 6.45) is -0.673. The number of alkyl halides is 3. The molecule has 12 heteroatoms. The Kier molecular flexibility index (Phi) is 6.40. The van der Waals surface area contributed by atoms with Gasteiger partial charge in [0, 0.05) is 45.0 Å². The molecule has 0 N–H and O–H groups in total. The Hall–Kier alpha value is -3.51. The molecule has 0 bridgehead atoms. The summed E-state index contributed by atoms with van der Waals surface area (Å²) in [6, 6.07) is 5.09. The van der Waals surface area contributed by atoms with E-state index in [9.17, 15) is 22.4 Å². The van der Waals surface area contributed by atoms with Crippen LogP contribution in [0.25, 0.3) is 11.2 Å². The summed E-state index contributed by atoms with van der Waals surface area (Å²) in [5, 5.41) is 7.90. The maximum atomic E-state index is 14.7. The molecule has 0 spiro atoms. The SMILES string of the molecule is C[C@@H](c1cc(F)cc(-n2cc3c(C(F)(F)F)cc(CN4CCO[C@H](C)C4)cn3c2=O)c1)c1nncn1C. The molecule has 1 aromatic carbocycles. The van der Waals surface area contributed by atoms with Crippen molar-refractivity contribution < 1.29 is 22.3 Å². The quantitative estimate of drug-likeness (QED) is 0.377. The summed E-state index contributed by atoms with van der Waals surface area (Å²) in [4.78, 5) is 15.3. The Morgan fingerprint density at radius 1 is 1.19 bits per heavy atom. The van der Waals surface area contributed by atoms with Gasteiger partial charge in [0.15, 0.2) is 0 Å². The molecule has 0 amide bonds. The zero-order valence-electron chi connectivity index (χ0n) is 20.5. The van der Waals surface area contributed by atoms with E-state index in [1.54, 1.807) is 17.7 Å². The van der Waals surface area contributed by atoms with Gasteiger partial charge in [0.1, 0.15) is 18.0 Å². The van der Waals surface area contributed by atoms with Crippen molar-refractivity contribution in [3.63, 3.8) is 0 Å². The van der Waals surface area contributed by atoms with E-state index in [0.29, 0.717) is 36.6 Å². The van der Waals surface area contributed by atoms with E-state index in [2.05, 4.69) is 10.2 Å². The van der Waals surface area contributed by atoms with Gasteiger partial charge < -0.3 is 9.30 Å². The van der Waals surface area contributed by atoms with Gasteiger partial charge in [-0.3, -0.25) is 13.9 Å². The Balaban J connectivity index is 1.60. The van der Waals surface area contributed by atoms with E-state index in [1.807, 2.05) is 18.7 Å². The molecule has 3 aromatic heterocycles. The van der Waals surface area contributed by atoms with Crippen molar-refractivity contribution in [1.82, 2.24) is 28.6 Å². The van der Waals surface area contributed by atoms with Crippen LogP contribution in [0.4, 0.5) is 17.6 Å². The van der Waals surface area contributed by atoms with Gasteiger partial charge in [-0.1, -0.05) is 6.92 Å². The molecule has 1 aliphatic heterocycles. The van der Waals surface area contributed by atoms with Crippen LogP contribution in [0.3, 0.4) is 0 Å². The molecular formula is C25H26F4N6O2. The van der Waals surface area contributed by atoms with Crippen molar-refractivity contribution in [2.45, 2.75) is 38.6 Å². The second-order valence-electron chi connectivity index (χ2n) is 9.48. The number of hydrogen-bond acceptors (Lipinski definition) is 5. The van der Waals surface area contributed by atoms with E-state index in [1.165, 1.54) is 18.6 Å². The summed E-state index contributed by atoms with van der Waals surface area (Å²) >= 11 is 0. The molecule has 4 aromatic rings. The number of rotatable bonds is 5. The van der Waals surface area contributed by atoms with Gasteiger partial charge >= 0.3 is 11.9 Å². The van der Waals surface area contributed by atoms with E-state index in [-0.39, 0.29) is 29.8 Å². The fourth-order valence-electron chi connectivity index (χ4n) is 4.85. The maximum Gasteiger partial charge on any atom is 0.418 e. The van der Waals surface area contributed by atoms with Gasteiger partial charge in [-0.25, -0.2) is 9.18 Å². The second-order valence-corrected chi connectivity index (χ2v) is 9.48. The topological polar surface area (TPSA) is 69.6 Å². The average Bonchev–Trinajstić information content (AvgIpc) is 3.40. The molecule has 0 saturated carbocycles. The van der Waals surface area contributed by atoms with Crippen LogP contribution in [0.5, 0.6) is 0 Å². The highest BCUT2D eigenvalue weighted by Gasteiger charge is 2.35. The van der Waals surface area contributed by atoms with Gasteiger partial charge in [-0.2, -0.15) is 13.2 Å². The Labute approximate surface area is 209 Å². The summed E-state index contributed by atoms with van der Waals surface area (Å²) in [5.74, 6) is -0.419. The van der Waals surface area contributed by atoms with Crippen molar-refractivity contribution in [2.75, 3.05) is 19.7 Å². The standard InChI is InChI=1S/C25H26F4N6O2/c1-15-10-33(4-5-37-15)11-17-6-21(25(27,28)29)22-13-34(24(36)35(22)12-17)20-8-18(7-19(26)9-20)16(2)23-31-30-14-32(23)3/h6-9,12-16H,4-5,10-11H2,1-3H3/t15-,16+/m1/s1. The molecule has 1 fully saturated rings. The van der Waals surface area contributed by atoms with Crippen molar-refractivity contribution in [3.8, 4) is 5.69 Å². The van der Waals surface area contributed by atoms with Gasteiger partial charge in [0.2, 0.25) is 0 Å². The first-order chi connectivity index (χ1) is 17.5. The van der Waals surface area contributed by atoms with Crippen LogP contribution in [0.2, 0.25) is 0 Å². The molecule has 196 valence electrons. The highest BCUT2D eigenvalue weighted by molar-refractivity contribution is 5.58. The second kappa shape index (κ2) is 9.42. The third-order valence-corrected chi connectivity index (χ3v) is 6.68. The normalized spacial score (nSPS) is 18.0. The first-order valence-electron chi connectivity index (χ1n) is 11.8. The first-order valence-corrected chi connectivity index (χ1v) is 11.8. The largest absolute Gasteiger partial charge is 0.418 e. The fraction of sp³-hybridized carbons (Fsp3) is 0.400. The molecule has 8 nitrogen and oxygen atoms in total. The van der Waals surface area contributed by atoms with Crippen LogP contribution in [-0.2, 0) is 24.5 Å². The number of halogens is 4. The molecule has 1 aliphatic rings. The number of hydrogen-bond donors (Lipinski definition) is 0. The Bertz CT molecular complexity index is 1510. The number of benzene rings is 1. The zero-order chi connectivity index (χ0) is 26.5. The van der Waals surface area contributed by atoms with Crippen LogP contribution in [0.1, 0.15) is 42.3 Å². The molecule has 0 radical (unpaired) electrons. The highest BCUT2D eigenvalue weighted by Crippen LogP contribution is 2.34. The summed E-state index contributed by atoms with van der Waals surface area (Å²) < 4.78 is 66.1. The first kappa shape index (κ1) is 25.2. The van der Waals surface area contributed by atoms with Gasteiger partial charge in [-0.05, 0) is 42.3 Å². The lowest BCUT2D eigenvalue weighted by molar-refractivity contribution is -0.136. The zero-order valence-corrected chi connectivity index (χ0v) is 20.5. The van der Waals surface area contributed by atoms with E-state index in [4.69, 9.17) is 4.74 Å². The summed E-state index contributed by atoms with van der Waals surface area (Å²) in [7, 11) is 1.75. The number of fused-ring (bicyclic) bond motifs is 1. The molecule has 4 heterocycles. The lowest BCUT2D eigenvalue weighted by atomic mass is 9.99. The predicted octanol–water partition coefficient (Wildman–Crippen LogP) is 3.75. The molecule has 2 atom stereocenters. The molecule has 5 rings (SSSR count). The third-order valence-electron chi connectivity index (χ3n) is 6.68. The third kappa shape index (κ3) is 4.90. The average molecular weight is 519 g/mol. The van der Waals surface area contributed by atoms with Crippen LogP contribution >= 0.6 is 0 Å². The predicted molar refractivity (Wildman–Crippen MR) is 127 cm³/mol. The van der Waals surface area contributed by atoms with Crippen molar-refractivity contribution in [3.05, 3.63) is 81.8 Å². The minimum absolute atomic E-state index is 0.0329. The minimum atomic E-state index is -4.69. The number of nitrogens with zero attached hydrogens (tertiary/aromatic N) is 6. The summed E-state index contributed by atoms with van der Waals surface area (Å²) in [6.45, 7) is 5.59. The number of aromatic nitrogens is 5. The number of ether oxygens (including phenoxy) is 1. The number of aryl methyl sites for hydroxylation is 1. The Morgan fingerprint density at radius 2 is 1.97 bits per heavy atom. The number of pyridine rings is 1. The highest BCUT2D eigenvalue weighted by atomic mass is 19.4. The summed E-state index contributed by atoms with van der Waals surface area (Å²) in [5.41, 5.74) is -0.971. The van der Waals surface area contributed by atoms with E-state index >= 15 is 0 Å². The van der Waals surface area contributed by atoms with Gasteiger partial charge in [0.05, 0.1) is 29.5 Å². The number of imidazole rings is 1.